The second-order valence-electron chi connectivity index (χ2n) is 8.45. The zero-order valence-corrected chi connectivity index (χ0v) is 18.2. The number of nitrogens with one attached hydrogen (secondary N) is 1. The number of aromatic nitrogens is 2. The van der Waals surface area contributed by atoms with Crippen LogP contribution in [0.25, 0.3) is 5.65 Å². The Morgan fingerprint density at radius 1 is 1.21 bits per heavy atom. The summed E-state index contributed by atoms with van der Waals surface area (Å²) < 4.78 is 1.95. The van der Waals surface area contributed by atoms with Gasteiger partial charge in [0.25, 0.3) is 5.91 Å². The topological polar surface area (TPSA) is 66.7 Å². The first-order chi connectivity index (χ1) is 13.9. The van der Waals surface area contributed by atoms with Crippen LogP contribution in [0.5, 0.6) is 0 Å². The third-order valence-electron chi connectivity index (χ3n) is 6.07. The third kappa shape index (κ3) is 4.98. The predicted octanol–water partition coefficient (Wildman–Crippen LogP) is 3.89. The van der Waals surface area contributed by atoms with Gasteiger partial charge in [-0.15, -0.1) is 0 Å². The number of aryl methyl sites for hydroxylation is 2. The average Bonchev–Trinajstić information content (AvgIpc) is 3.12. The molecular formula is C23H34N4O2. The van der Waals surface area contributed by atoms with E-state index in [1.807, 2.05) is 48.5 Å². The lowest BCUT2D eigenvalue weighted by Gasteiger charge is -2.31. The fourth-order valence-electron chi connectivity index (χ4n) is 4.34. The largest absolute Gasteiger partial charge is 0.349 e. The molecule has 6 nitrogen and oxygen atoms in total. The molecule has 3 rings (SSSR count). The number of carbonyl (C=O) groups excluding carboxylic acids is 2. The van der Waals surface area contributed by atoms with E-state index in [1.165, 1.54) is 12.8 Å². The Morgan fingerprint density at radius 2 is 1.93 bits per heavy atom. The normalized spacial score (nSPS) is 19.3. The quantitative estimate of drug-likeness (QED) is 0.720. The summed E-state index contributed by atoms with van der Waals surface area (Å²) in [6.07, 6.45) is 8.69. The van der Waals surface area contributed by atoms with Crippen LogP contribution in [0, 0.1) is 19.8 Å². The molecule has 1 saturated carbocycles. The van der Waals surface area contributed by atoms with Gasteiger partial charge in [-0.2, -0.15) is 0 Å². The molecule has 0 spiro atoms. The number of hydrogen-bond donors (Lipinski definition) is 1. The van der Waals surface area contributed by atoms with Gasteiger partial charge in [-0.05, 0) is 58.1 Å². The number of amides is 2. The fraction of sp³-hybridized carbons (Fsp3) is 0.609. The number of hydrogen-bond acceptors (Lipinski definition) is 3. The zero-order chi connectivity index (χ0) is 21.0. The smallest absolute Gasteiger partial charge is 0.255 e. The maximum Gasteiger partial charge on any atom is 0.255 e. The Hall–Kier alpha value is -2.37. The minimum atomic E-state index is -0.0727. The van der Waals surface area contributed by atoms with Crippen molar-refractivity contribution < 1.29 is 9.59 Å². The predicted molar refractivity (Wildman–Crippen MR) is 115 cm³/mol. The first-order valence-corrected chi connectivity index (χ1v) is 10.9. The summed E-state index contributed by atoms with van der Waals surface area (Å²) in [5.74, 6) is 0.285. The van der Waals surface area contributed by atoms with E-state index in [-0.39, 0.29) is 23.8 Å². The van der Waals surface area contributed by atoms with Gasteiger partial charge >= 0.3 is 0 Å². The monoisotopic (exact) mass is 398 g/mol. The van der Waals surface area contributed by atoms with Crippen LogP contribution < -0.4 is 5.32 Å². The molecule has 0 aromatic carbocycles. The van der Waals surface area contributed by atoms with Crippen LogP contribution >= 0.6 is 0 Å². The highest BCUT2D eigenvalue weighted by molar-refractivity contribution is 6.00. The molecule has 1 aliphatic carbocycles. The highest BCUT2D eigenvalue weighted by Gasteiger charge is 2.29. The van der Waals surface area contributed by atoms with Crippen molar-refractivity contribution in [3.63, 3.8) is 0 Å². The van der Waals surface area contributed by atoms with Gasteiger partial charge in [0, 0.05) is 43.1 Å². The molecule has 2 amide bonds. The van der Waals surface area contributed by atoms with E-state index in [4.69, 9.17) is 0 Å². The van der Waals surface area contributed by atoms with Crippen molar-refractivity contribution in [3.8, 4) is 0 Å². The number of nitrogens with zero attached hydrogens (tertiary/aromatic N) is 3. The van der Waals surface area contributed by atoms with Crippen molar-refractivity contribution in [2.45, 2.75) is 71.8 Å². The molecule has 0 saturated heterocycles. The summed E-state index contributed by atoms with van der Waals surface area (Å²) in [6, 6.07) is 3.97. The molecule has 29 heavy (non-hydrogen) atoms. The van der Waals surface area contributed by atoms with Crippen molar-refractivity contribution in [1.29, 1.82) is 0 Å². The molecule has 0 bridgehead atoms. The van der Waals surface area contributed by atoms with Crippen molar-refractivity contribution in [2.75, 3.05) is 13.6 Å². The van der Waals surface area contributed by atoms with Gasteiger partial charge in [-0.25, -0.2) is 4.98 Å². The van der Waals surface area contributed by atoms with Crippen LogP contribution in [-0.4, -0.2) is 45.7 Å². The summed E-state index contributed by atoms with van der Waals surface area (Å²) in [7, 11) is 1.92. The van der Waals surface area contributed by atoms with Crippen LogP contribution in [0.2, 0.25) is 0 Å². The second kappa shape index (κ2) is 9.42. The molecule has 0 radical (unpaired) electrons. The maximum absolute atomic E-state index is 12.8. The van der Waals surface area contributed by atoms with Crippen molar-refractivity contribution >= 4 is 17.5 Å². The first kappa shape index (κ1) is 21.3. The number of fused-ring (bicyclic) bond motifs is 1. The number of rotatable bonds is 7. The molecular weight excluding hydrogens is 364 g/mol. The average molecular weight is 399 g/mol. The first-order valence-electron chi connectivity index (χ1n) is 10.9. The van der Waals surface area contributed by atoms with Gasteiger partial charge < -0.3 is 14.6 Å². The Labute approximate surface area is 173 Å². The minimum Gasteiger partial charge on any atom is -0.349 e. The van der Waals surface area contributed by atoms with Gasteiger partial charge in [-0.3, -0.25) is 9.59 Å². The standard InChI is InChI=1S/C23H34N4O2/c1-5-6-7-13-26(4)23(29)18-8-10-19(11-9-18)25-22(28)20-12-14-27-17(3)15-16(2)24-21(20)27/h12,14-15,18-19H,5-11,13H2,1-4H3,(H,25,28)/t18-,19-. The summed E-state index contributed by atoms with van der Waals surface area (Å²) >= 11 is 0. The number of carbonyl (C=O) groups is 2. The highest BCUT2D eigenvalue weighted by Crippen LogP contribution is 2.26. The lowest BCUT2D eigenvalue weighted by atomic mass is 9.85. The van der Waals surface area contributed by atoms with E-state index in [2.05, 4.69) is 17.2 Å². The summed E-state index contributed by atoms with van der Waals surface area (Å²) in [4.78, 5) is 31.9. The molecule has 6 heteroatoms. The fourth-order valence-corrected chi connectivity index (χ4v) is 4.34. The highest BCUT2D eigenvalue weighted by atomic mass is 16.2. The third-order valence-corrected chi connectivity index (χ3v) is 6.07. The van der Waals surface area contributed by atoms with Crippen LogP contribution in [0.15, 0.2) is 18.3 Å². The molecule has 1 aliphatic rings. The van der Waals surface area contributed by atoms with Crippen molar-refractivity contribution in [3.05, 3.63) is 35.3 Å². The SMILES string of the molecule is CCCCCN(C)C(=O)[C@H]1CC[C@H](NC(=O)c2ccn3c(C)cc(C)nc23)CC1. The second-order valence-corrected chi connectivity index (χ2v) is 8.45. The summed E-state index contributed by atoms with van der Waals surface area (Å²) in [6.45, 7) is 6.98. The van der Waals surface area contributed by atoms with Crippen molar-refractivity contribution in [1.82, 2.24) is 19.6 Å². The number of unbranched alkanes of at least 4 members (excludes halogenated alkanes) is 2. The van der Waals surface area contributed by atoms with E-state index in [0.717, 1.165) is 50.0 Å². The Balaban J connectivity index is 1.54. The lowest BCUT2D eigenvalue weighted by molar-refractivity contribution is -0.135. The Bertz CT molecular complexity index is 865. The molecule has 0 atom stereocenters. The van der Waals surface area contributed by atoms with E-state index < -0.39 is 0 Å². The minimum absolute atomic E-state index is 0.0727. The van der Waals surface area contributed by atoms with Gasteiger partial charge in [0.1, 0.15) is 5.65 Å². The molecule has 2 aromatic heterocycles. The van der Waals surface area contributed by atoms with Crippen LogP contribution in [0.1, 0.15) is 73.6 Å². The zero-order valence-electron chi connectivity index (χ0n) is 18.2. The van der Waals surface area contributed by atoms with Crippen molar-refractivity contribution in [2.24, 2.45) is 5.92 Å². The summed E-state index contributed by atoms with van der Waals surface area (Å²) in [5.41, 5.74) is 3.29. The van der Waals surface area contributed by atoms with E-state index >= 15 is 0 Å². The molecule has 158 valence electrons. The molecule has 0 unspecified atom stereocenters. The van der Waals surface area contributed by atoms with E-state index in [1.54, 1.807) is 0 Å². The Morgan fingerprint density at radius 3 is 2.62 bits per heavy atom. The molecule has 2 aromatic rings. The van der Waals surface area contributed by atoms with Gasteiger partial charge in [-0.1, -0.05) is 19.8 Å². The molecule has 1 fully saturated rings. The molecule has 1 N–H and O–H groups in total. The Kier molecular flexibility index (Phi) is 6.93. The lowest BCUT2D eigenvalue weighted by Crippen LogP contribution is -2.41. The van der Waals surface area contributed by atoms with Crippen LogP contribution in [-0.2, 0) is 4.79 Å². The summed E-state index contributed by atoms with van der Waals surface area (Å²) in [5, 5.41) is 3.17. The van der Waals surface area contributed by atoms with E-state index in [0.29, 0.717) is 11.2 Å². The van der Waals surface area contributed by atoms with Gasteiger partial charge in [0.05, 0.1) is 5.56 Å². The van der Waals surface area contributed by atoms with Gasteiger partial charge in [0.15, 0.2) is 0 Å². The maximum atomic E-state index is 12.8. The molecule has 0 aliphatic heterocycles. The molecule has 2 heterocycles. The van der Waals surface area contributed by atoms with Crippen LogP contribution in [0.3, 0.4) is 0 Å². The van der Waals surface area contributed by atoms with Gasteiger partial charge in [0.2, 0.25) is 5.91 Å². The van der Waals surface area contributed by atoms with E-state index in [9.17, 15) is 9.59 Å². The van der Waals surface area contributed by atoms with Crippen LogP contribution in [0.4, 0.5) is 0 Å².